The number of aromatic amines is 1. The molecule has 3 fully saturated rings. The first kappa shape index (κ1) is 21.4. The summed E-state index contributed by atoms with van der Waals surface area (Å²) in [6.45, 7) is 0. The van der Waals surface area contributed by atoms with Gasteiger partial charge in [-0.1, -0.05) is 6.07 Å². The Morgan fingerprint density at radius 3 is 2.58 bits per heavy atom. The second-order valence-electron chi connectivity index (χ2n) is 10.3. The van der Waals surface area contributed by atoms with Crippen molar-refractivity contribution in [2.24, 2.45) is 0 Å². The van der Waals surface area contributed by atoms with Crippen molar-refractivity contribution in [3.8, 4) is 11.1 Å². The normalized spacial score (nSPS) is 24.7. The van der Waals surface area contributed by atoms with Crippen LogP contribution in [0, 0.1) is 0 Å². The van der Waals surface area contributed by atoms with Gasteiger partial charge in [-0.15, -0.1) is 0 Å². The number of carbonyl (C=O) groups excluding carboxylic acids is 1. The Bertz CT molecular complexity index is 1430. The monoisotopic (exact) mass is 485 g/mol. The predicted molar refractivity (Wildman–Crippen MR) is 130 cm³/mol. The Balaban J connectivity index is 1.18. The number of hydrogen-bond acceptors (Lipinski definition) is 8. The molecule has 2 bridgehead atoms. The van der Waals surface area contributed by atoms with Crippen LogP contribution in [0.3, 0.4) is 0 Å². The number of fused-ring (bicyclic) bond motifs is 3. The number of amides is 1. The molecule has 6 heterocycles. The third kappa shape index (κ3) is 3.22. The van der Waals surface area contributed by atoms with E-state index in [-0.39, 0.29) is 23.9 Å². The van der Waals surface area contributed by atoms with E-state index in [1.165, 1.54) is 6.33 Å². The Morgan fingerprint density at radius 1 is 1.14 bits per heavy atom. The van der Waals surface area contributed by atoms with Crippen LogP contribution in [-0.2, 0) is 5.60 Å². The van der Waals surface area contributed by atoms with E-state index >= 15 is 0 Å². The molecule has 3 aliphatic rings. The van der Waals surface area contributed by atoms with Gasteiger partial charge in [0.25, 0.3) is 5.91 Å². The number of anilines is 1. The number of pyridine rings is 1. The molecule has 1 unspecified atom stereocenters. The van der Waals surface area contributed by atoms with Crippen LogP contribution in [0.5, 0.6) is 0 Å². The number of piperidine rings is 1. The van der Waals surface area contributed by atoms with E-state index < -0.39 is 5.60 Å². The molecule has 36 heavy (non-hydrogen) atoms. The van der Waals surface area contributed by atoms with E-state index in [1.807, 2.05) is 23.1 Å². The average Bonchev–Trinajstić information content (AvgIpc) is 3.61. The lowest BCUT2D eigenvalue weighted by Gasteiger charge is -2.38. The van der Waals surface area contributed by atoms with Gasteiger partial charge in [0.15, 0.2) is 5.65 Å². The lowest BCUT2D eigenvalue weighted by molar-refractivity contribution is -0.0426. The third-order valence-corrected chi connectivity index (χ3v) is 8.25. The minimum Gasteiger partial charge on any atom is -0.384 e. The van der Waals surface area contributed by atoms with Gasteiger partial charge >= 0.3 is 0 Å². The van der Waals surface area contributed by atoms with E-state index in [4.69, 9.17) is 10.7 Å². The van der Waals surface area contributed by atoms with Gasteiger partial charge in [-0.2, -0.15) is 14.7 Å². The molecule has 184 valence electrons. The molecule has 2 saturated heterocycles. The van der Waals surface area contributed by atoms with Gasteiger partial charge in [0.2, 0.25) is 5.82 Å². The smallest absolute Gasteiger partial charge is 0.291 e. The fraction of sp³-hybridized carbons (Fsp3) is 0.440. The predicted octanol–water partition coefficient (Wildman–Crippen LogP) is 2.41. The highest BCUT2D eigenvalue weighted by Gasteiger charge is 2.45. The van der Waals surface area contributed by atoms with Gasteiger partial charge in [0.05, 0.1) is 11.9 Å². The van der Waals surface area contributed by atoms with E-state index in [0.29, 0.717) is 23.0 Å². The van der Waals surface area contributed by atoms with E-state index in [1.54, 1.807) is 16.9 Å². The fourth-order valence-corrected chi connectivity index (χ4v) is 6.20. The van der Waals surface area contributed by atoms with Crippen molar-refractivity contribution in [2.75, 3.05) is 5.73 Å². The molecule has 1 aliphatic carbocycles. The average molecular weight is 486 g/mol. The zero-order chi connectivity index (χ0) is 24.4. The van der Waals surface area contributed by atoms with Crippen LogP contribution in [-0.4, -0.2) is 62.8 Å². The molecular formula is C25H27N9O2. The molecule has 4 aromatic heterocycles. The number of aromatic nitrogens is 7. The molecule has 3 atom stereocenters. The molecule has 1 saturated carbocycles. The largest absolute Gasteiger partial charge is 0.384 e. The summed E-state index contributed by atoms with van der Waals surface area (Å²) in [7, 11) is 0. The van der Waals surface area contributed by atoms with Gasteiger partial charge in [-0.25, -0.2) is 9.97 Å². The zero-order valence-electron chi connectivity index (χ0n) is 19.7. The van der Waals surface area contributed by atoms with Crippen LogP contribution in [0.4, 0.5) is 5.82 Å². The Kier molecular flexibility index (Phi) is 4.65. The number of aliphatic hydroxyl groups is 1. The first-order chi connectivity index (χ1) is 17.5. The first-order valence-corrected chi connectivity index (χ1v) is 12.5. The van der Waals surface area contributed by atoms with Crippen LogP contribution < -0.4 is 5.73 Å². The van der Waals surface area contributed by atoms with Crippen molar-refractivity contribution >= 4 is 17.4 Å². The summed E-state index contributed by atoms with van der Waals surface area (Å²) >= 11 is 0. The van der Waals surface area contributed by atoms with Crippen molar-refractivity contribution in [1.82, 2.24) is 39.7 Å². The van der Waals surface area contributed by atoms with E-state index in [2.05, 4.69) is 25.3 Å². The van der Waals surface area contributed by atoms with Gasteiger partial charge < -0.3 is 15.7 Å². The number of carbonyl (C=O) groups is 1. The topological polar surface area (TPSA) is 151 Å². The highest BCUT2D eigenvalue weighted by atomic mass is 16.3. The number of nitrogens with one attached hydrogen (secondary N) is 1. The number of hydrogen-bond donors (Lipinski definition) is 3. The van der Waals surface area contributed by atoms with Crippen molar-refractivity contribution in [3.05, 3.63) is 54.1 Å². The second-order valence-corrected chi connectivity index (χ2v) is 10.3. The number of rotatable bonds is 4. The molecule has 2 aliphatic heterocycles. The Labute approximate surface area is 206 Å². The molecular weight excluding hydrogens is 458 g/mol. The van der Waals surface area contributed by atoms with Crippen molar-refractivity contribution in [3.63, 3.8) is 0 Å². The fourth-order valence-electron chi connectivity index (χ4n) is 6.20. The van der Waals surface area contributed by atoms with Crippen LogP contribution in [0.1, 0.15) is 72.9 Å². The summed E-state index contributed by atoms with van der Waals surface area (Å²) in [5.41, 5.74) is 9.69. The molecule has 0 spiro atoms. The molecule has 4 N–H and O–H groups in total. The van der Waals surface area contributed by atoms with Gasteiger partial charge in [0.1, 0.15) is 17.7 Å². The lowest BCUT2D eigenvalue weighted by atomic mass is 9.77. The van der Waals surface area contributed by atoms with Crippen molar-refractivity contribution in [1.29, 1.82) is 0 Å². The van der Waals surface area contributed by atoms with Crippen LogP contribution >= 0.6 is 0 Å². The van der Waals surface area contributed by atoms with Crippen LogP contribution in [0.25, 0.3) is 16.8 Å². The molecule has 11 heteroatoms. The Morgan fingerprint density at radius 2 is 1.94 bits per heavy atom. The summed E-state index contributed by atoms with van der Waals surface area (Å²) < 4.78 is 1.66. The molecule has 0 radical (unpaired) electrons. The van der Waals surface area contributed by atoms with Crippen LogP contribution in [0.2, 0.25) is 0 Å². The minimum atomic E-state index is -0.793. The maximum absolute atomic E-state index is 13.0. The third-order valence-electron chi connectivity index (χ3n) is 8.25. The zero-order valence-corrected chi connectivity index (χ0v) is 19.7. The highest BCUT2D eigenvalue weighted by molar-refractivity contribution is 5.91. The molecule has 4 aromatic rings. The minimum absolute atomic E-state index is 0.0815. The van der Waals surface area contributed by atoms with Crippen LogP contribution in [0.15, 0.2) is 36.9 Å². The lowest BCUT2D eigenvalue weighted by Crippen LogP contribution is -2.46. The standard InChI is InChI=1S/C25H27N9O2/c26-21-10-19(15-8-16-3-4-17(9-15)33(16)24(35)22-28-13-29-32-22)31-23-18(12-30-34(21)23)14-2-5-20(27-11-14)25(36)6-1-7-25/h2,5,10-13,15-17,36H,1,3-4,6-9,26H2,(H,28,29,32)/t15?,16-,17+. The van der Waals surface area contributed by atoms with E-state index in [9.17, 15) is 9.90 Å². The Hall–Kier alpha value is -3.86. The quantitative estimate of drug-likeness (QED) is 0.399. The number of H-pyrrole nitrogens is 1. The molecule has 11 nitrogen and oxygen atoms in total. The van der Waals surface area contributed by atoms with E-state index in [0.717, 1.165) is 61.8 Å². The number of nitrogens with zero attached hydrogens (tertiary/aromatic N) is 7. The van der Waals surface area contributed by atoms with Gasteiger partial charge in [0, 0.05) is 47.1 Å². The molecule has 0 aromatic carbocycles. The SMILES string of the molecule is Nc1cc(C2C[C@H]3CC[C@@H](C2)N3C(=O)c2ncn[nH]2)nc2c(-c3ccc(C4(O)CCC4)nc3)cnn12. The summed E-state index contributed by atoms with van der Waals surface area (Å²) in [6.07, 6.45) is 11.0. The van der Waals surface area contributed by atoms with Crippen molar-refractivity contribution < 1.29 is 9.90 Å². The van der Waals surface area contributed by atoms with Gasteiger partial charge in [-0.05, 0) is 51.0 Å². The summed E-state index contributed by atoms with van der Waals surface area (Å²) in [6, 6.07) is 6.06. The van der Waals surface area contributed by atoms with Crippen molar-refractivity contribution in [2.45, 2.75) is 68.5 Å². The maximum atomic E-state index is 13.0. The summed E-state index contributed by atoms with van der Waals surface area (Å²) in [5, 5.41) is 21.6. The summed E-state index contributed by atoms with van der Waals surface area (Å²) in [4.78, 5) is 28.6. The molecule has 7 rings (SSSR count). The van der Waals surface area contributed by atoms with Gasteiger partial charge in [-0.3, -0.25) is 14.9 Å². The second kappa shape index (κ2) is 7.82. The highest BCUT2D eigenvalue weighted by Crippen LogP contribution is 2.44. The number of nitrogen functional groups attached to an aromatic ring is 1. The molecule has 1 amide bonds. The first-order valence-electron chi connectivity index (χ1n) is 12.5. The number of nitrogens with two attached hydrogens (primary N) is 1. The maximum Gasteiger partial charge on any atom is 0.291 e. The summed E-state index contributed by atoms with van der Waals surface area (Å²) in [5.74, 6) is 0.941.